The number of carbonyl (C=O) groups is 2. The molecule has 4 aromatic rings. The predicted octanol–water partition coefficient (Wildman–Crippen LogP) is 7.19. The Morgan fingerprint density at radius 2 is 1.64 bits per heavy atom. The van der Waals surface area contributed by atoms with Gasteiger partial charge in [0.05, 0.1) is 30.5 Å². The molecular weight excluding hydrogens is 528 g/mol. The van der Waals surface area contributed by atoms with E-state index >= 15 is 0 Å². The van der Waals surface area contributed by atoms with Crippen molar-refractivity contribution in [1.29, 1.82) is 0 Å². The number of hydrogen-bond donors (Lipinski definition) is 1. The zero-order valence-electron chi connectivity index (χ0n) is 24.2. The van der Waals surface area contributed by atoms with Gasteiger partial charge in [-0.15, -0.1) is 0 Å². The molecule has 0 bridgehead atoms. The van der Waals surface area contributed by atoms with E-state index in [4.69, 9.17) is 9.47 Å². The number of ketones is 1. The van der Waals surface area contributed by atoms with Gasteiger partial charge in [0.1, 0.15) is 23.0 Å². The second-order valence-electron chi connectivity index (χ2n) is 11.1. The smallest absolute Gasteiger partial charge is 0.296 e. The number of aromatic nitrogens is 1. The largest absolute Gasteiger partial charge is 0.507 e. The summed E-state index contributed by atoms with van der Waals surface area (Å²) < 4.78 is 11.9. The van der Waals surface area contributed by atoms with Crippen molar-refractivity contribution >= 4 is 17.4 Å². The number of hydrogen-bond acceptors (Lipinski definition) is 6. The molecule has 0 spiro atoms. The van der Waals surface area contributed by atoms with Crippen molar-refractivity contribution in [2.45, 2.75) is 45.7 Å². The van der Waals surface area contributed by atoms with Crippen LogP contribution in [0.15, 0.2) is 103 Å². The second-order valence-corrected chi connectivity index (χ2v) is 11.1. The molecule has 42 heavy (non-hydrogen) atoms. The van der Waals surface area contributed by atoms with Gasteiger partial charge < -0.3 is 19.5 Å². The van der Waals surface area contributed by atoms with E-state index in [0.29, 0.717) is 40.7 Å². The molecule has 1 unspecified atom stereocenters. The van der Waals surface area contributed by atoms with Crippen LogP contribution in [0.2, 0.25) is 0 Å². The fourth-order valence-electron chi connectivity index (χ4n) is 5.13. The molecule has 1 amide bonds. The number of para-hydroxylation sites is 1. The highest BCUT2D eigenvalue weighted by atomic mass is 16.5. The molecular formula is C35H34N2O5. The minimum Gasteiger partial charge on any atom is -0.507 e. The van der Waals surface area contributed by atoms with Crippen LogP contribution in [0.3, 0.4) is 0 Å². The summed E-state index contributed by atoms with van der Waals surface area (Å²) in [5.41, 5.74) is 2.27. The molecule has 7 heteroatoms. The van der Waals surface area contributed by atoms with E-state index in [-0.39, 0.29) is 23.3 Å². The maximum Gasteiger partial charge on any atom is 0.296 e. The Labute approximate surface area is 246 Å². The Kier molecular flexibility index (Phi) is 8.11. The first-order chi connectivity index (χ1) is 20.2. The molecule has 214 valence electrons. The van der Waals surface area contributed by atoms with Crippen LogP contribution < -0.4 is 9.47 Å². The number of amides is 1. The van der Waals surface area contributed by atoms with Crippen molar-refractivity contribution in [3.8, 4) is 17.2 Å². The van der Waals surface area contributed by atoms with Gasteiger partial charge in [0.15, 0.2) is 0 Å². The van der Waals surface area contributed by atoms with Gasteiger partial charge in [-0.2, -0.15) is 0 Å². The molecule has 0 radical (unpaired) electrons. The van der Waals surface area contributed by atoms with Crippen LogP contribution in [0.1, 0.15) is 56.1 Å². The summed E-state index contributed by atoms with van der Waals surface area (Å²) in [5.74, 6) is 0.196. The van der Waals surface area contributed by atoms with Crippen LogP contribution in [0.5, 0.6) is 17.2 Å². The number of nitrogens with zero attached hydrogens (tertiary/aromatic N) is 2. The third-order valence-electron chi connectivity index (χ3n) is 7.11. The second kappa shape index (κ2) is 11.9. The maximum atomic E-state index is 13.6. The number of pyridine rings is 1. The first-order valence-corrected chi connectivity index (χ1v) is 14.0. The van der Waals surface area contributed by atoms with E-state index in [2.05, 4.69) is 25.8 Å². The lowest BCUT2D eigenvalue weighted by Crippen LogP contribution is -2.29. The molecule has 0 saturated carbocycles. The Balaban J connectivity index is 1.64. The summed E-state index contributed by atoms with van der Waals surface area (Å²) in [7, 11) is 0. The van der Waals surface area contributed by atoms with Gasteiger partial charge in [-0.1, -0.05) is 57.2 Å². The van der Waals surface area contributed by atoms with Gasteiger partial charge in [-0.25, -0.2) is 0 Å². The van der Waals surface area contributed by atoms with Crippen LogP contribution >= 0.6 is 0 Å². The number of aliphatic hydroxyl groups excluding tert-OH is 1. The standard InChI is InChI=1S/C35H34N2O5/c1-5-41-29-18-17-24(21-28(29)35(2,3)4)32(38)30-31(37(34(40)33(30)39)22-25-13-9-10-19-36-25)23-12-11-16-27(20-23)42-26-14-7-6-8-15-26/h6-21,31,38H,5,22H2,1-4H3/b32-30+. The SMILES string of the molecule is CCOc1ccc(/C(O)=C2\C(=O)C(=O)N(Cc3ccccn3)C2c2cccc(Oc3ccccc3)c2)cc1C(C)(C)C. The molecule has 1 aromatic heterocycles. The van der Waals surface area contributed by atoms with Gasteiger partial charge in [0.25, 0.3) is 11.7 Å². The molecule has 1 aliphatic heterocycles. The monoisotopic (exact) mass is 562 g/mol. The highest BCUT2D eigenvalue weighted by Gasteiger charge is 2.46. The van der Waals surface area contributed by atoms with E-state index in [1.54, 1.807) is 36.5 Å². The van der Waals surface area contributed by atoms with Gasteiger partial charge in [0, 0.05) is 17.3 Å². The van der Waals surface area contributed by atoms with Gasteiger partial charge in [-0.3, -0.25) is 14.6 Å². The minimum atomic E-state index is -0.865. The van der Waals surface area contributed by atoms with E-state index in [1.807, 2.05) is 67.6 Å². The van der Waals surface area contributed by atoms with Crippen LogP contribution in [0.25, 0.3) is 5.76 Å². The summed E-state index contributed by atoms with van der Waals surface area (Å²) in [6.07, 6.45) is 1.64. The van der Waals surface area contributed by atoms with E-state index in [0.717, 1.165) is 5.56 Å². The zero-order chi connectivity index (χ0) is 29.9. The number of aliphatic hydroxyl groups is 1. The van der Waals surface area contributed by atoms with Crippen molar-refractivity contribution < 1.29 is 24.2 Å². The fourth-order valence-corrected chi connectivity index (χ4v) is 5.13. The van der Waals surface area contributed by atoms with Crippen molar-refractivity contribution in [2.24, 2.45) is 0 Å². The molecule has 3 aromatic carbocycles. The first kappa shape index (κ1) is 28.6. The minimum absolute atomic E-state index is 0.0109. The Hall–Kier alpha value is -4.91. The van der Waals surface area contributed by atoms with E-state index in [9.17, 15) is 14.7 Å². The summed E-state index contributed by atoms with van der Waals surface area (Å²) in [5, 5.41) is 11.7. The Morgan fingerprint density at radius 3 is 2.33 bits per heavy atom. The number of ether oxygens (including phenoxy) is 2. The summed E-state index contributed by atoms with van der Waals surface area (Å²) >= 11 is 0. The van der Waals surface area contributed by atoms with Crippen molar-refractivity contribution in [3.05, 3.63) is 125 Å². The van der Waals surface area contributed by atoms with Crippen LogP contribution in [0, 0.1) is 0 Å². The molecule has 2 heterocycles. The molecule has 7 nitrogen and oxygen atoms in total. The third kappa shape index (κ3) is 5.91. The first-order valence-electron chi connectivity index (χ1n) is 14.0. The summed E-state index contributed by atoms with van der Waals surface area (Å²) in [4.78, 5) is 33.0. The number of rotatable bonds is 8. The average Bonchev–Trinajstić information content (AvgIpc) is 3.23. The van der Waals surface area contributed by atoms with Crippen molar-refractivity contribution in [1.82, 2.24) is 9.88 Å². The Morgan fingerprint density at radius 1 is 0.905 bits per heavy atom. The molecule has 1 atom stereocenters. The zero-order valence-corrected chi connectivity index (χ0v) is 24.2. The summed E-state index contributed by atoms with van der Waals surface area (Å²) in [6, 6.07) is 26.5. The Bertz CT molecular complexity index is 1620. The van der Waals surface area contributed by atoms with E-state index < -0.39 is 17.7 Å². The van der Waals surface area contributed by atoms with Gasteiger partial charge in [-0.05, 0) is 72.5 Å². The molecule has 1 N–H and O–H groups in total. The molecule has 5 rings (SSSR count). The van der Waals surface area contributed by atoms with Crippen molar-refractivity contribution in [3.63, 3.8) is 0 Å². The fraction of sp³-hybridized carbons (Fsp3) is 0.229. The average molecular weight is 563 g/mol. The maximum absolute atomic E-state index is 13.6. The van der Waals surface area contributed by atoms with Crippen molar-refractivity contribution in [2.75, 3.05) is 6.61 Å². The van der Waals surface area contributed by atoms with Crippen LogP contribution in [-0.4, -0.2) is 33.3 Å². The molecule has 1 saturated heterocycles. The topological polar surface area (TPSA) is 89.0 Å². The number of Topliss-reactive ketones (excluding diaryl/α,β-unsaturated/α-hetero) is 1. The highest BCUT2D eigenvalue weighted by Crippen LogP contribution is 2.42. The summed E-state index contributed by atoms with van der Waals surface area (Å²) in [6.45, 7) is 8.66. The van der Waals surface area contributed by atoms with E-state index in [1.165, 1.54) is 4.90 Å². The number of likely N-dealkylation sites (tertiary alicyclic amines) is 1. The molecule has 1 aliphatic rings. The van der Waals surface area contributed by atoms with Crippen LogP contribution in [0.4, 0.5) is 0 Å². The normalized spacial score (nSPS) is 16.5. The van der Waals surface area contributed by atoms with Gasteiger partial charge in [0.2, 0.25) is 0 Å². The quantitative estimate of drug-likeness (QED) is 0.139. The van der Waals surface area contributed by atoms with Crippen LogP contribution in [-0.2, 0) is 21.5 Å². The molecule has 0 aliphatic carbocycles. The lowest BCUT2D eigenvalue weighted by molar-refractivity contribution is -0.140. The molecule has 1 fully saturated rings. The number of carbonyl (C=O) groups excluding carboxylic acids is 2. The lowest BCUT2D eigenvalue weighted by Gasteiger charge is -2.26. The lowest BCUT2D eigenvalue weighted by atomic mass is 9.84. The number of benzene rings is 3. The predicted molar refractivity (Wildman–Crippen MR) is 161 cm³/mol. The van der Waals surface area contributed by atoms with Gasteiger partial charge >= 0.3 is 0 Å². The highest BCUT2D eigenvalue weighted by molar-refractivity contribution is 6.46. The third-order valence-corrected chi connectivity index (χ3v) is 7.11.